The number of carbonyl (C=O) groups excluding carboxylic acids is 2. The Balaban J connectivity index is 1.73. The van der Waals surface area contributed by atoms with E-state index < -0.39 is 11.8 Å². The minimum absolute atomic E-state index is 0.203. The molecule has 0 aliphatic carbocycles. The molecule has 0 saturated carbocycles. The Morgan fingerprint density at radius 3 is 2.14 bits per heavy atom. The second kappa shape index (κ2) is 10.1. The third kappa shape index (κ3) is 6.56. The summed E-state index contributed by atoms with van der Waals surface area (Å²) in [5, 5.41) is 0. The highest BCUT2D eigenvalue weighted by atomic mass is 79.9. The van der Waals surface area contributed by atoms with Crippen molar-refractivity contribution in [2.45, 2.75) is 33.6 Å². The minimum atomic E-state index is -0.473. The van der Waals surface area contributed by atoms with Crippen molar-refractivity contribution in [2.75, 3.05) is 13.2 Å². The molecule has 0 spiro atoms. The predicted molar refractivity (Wildman–Crippen MR) is 111 cm³/mol. The van der Waals surface area contributed by atoms with Crippen LogP contribution in [0.5, 0.6) is 11.5 Å². The van der Waals surface area contributed by atoms with E-state index in [1.807, 2.05) is 44.2 Å². The normalized spacial score (nSPS) is 10.5. The molecule has 2 rings (SSSR count). The molecule has 2 N–H and O–H groups in total. The van der Waals surface area contributed by atoms with Crippen molar-refractivity contribution in [3.05, 3.63) is 57.6 Å². The lowest BCUT2D eigenvalue weighted by molar-refractivity contribution is -0.131. The average molecular weight is 449 g/mol. The van der Waals surface area contributed by atoms with Gasteiger partial charge in [0.25, 0.3) is 11.8 Å². The van der Waals surface area contributed by atoms with Crippen molar-refractivity contribution < 1.29 is 19.1 Å². The fraction of sp³-hybridized carbons (Fsp3) is 0.333. The third-order valence-electron chi connectivity index (χ3n) is 4.17. The lowest BCUT2D eigenvalue weighted by Gasteiger charge is -2.12. The molecule has 0 radical (unpaired) electrons. The van der Waals surface area contributed by atoms with Gasteiger partial charge in [-0.05, 0) is 76.7 Å². The monoisotopic (exact) mass is 448 g/mol. The van der Waals surface area contributed by atoms with Crippen molar-refractivity contribution in [1.82, 2.24) is 10.9 Å². The first-order chi connectivity index (χ1) is 13.3. The Hall–Kier alpha value is -2.54. The number of aryl methyl sites for hydroxylation is 2. The van der Waals surface area contributed by atoms with Gasteiger partial charge < -0.3 is 9.47 Å². The number of hydrogen-bond donors (Lipinski definition) is 2. The predicted octanol–water partition coefficient (Wildman–Crippen LogP) is 3.79. The molecule has 0 aliphatic rings. The number of nitrogens with one attached hydrogen (secondary N) is 2. The molecule has 28 heavy (non-hydrogen) atoms. The molecule has 0 atom stereocenters. The van der Waals surface area contributed by atoms with Gasteiger partial charge in [-0.2, -0.15) is 0 Å². The van der Waals surface area contributed by atoms with Crippen LogP contribution in [0.25, 0.3) is 0 Å². The minimum Gasteiger partial charge on any atom is -0.484 e. The van der Waals surface area contributed by atoms with Crippen molar-refractivity contribution in [1.29, 1.82) is 0 Å². The van der Waals surface area contributed by atoms with E-state index >= 15 is 0 Å². The number of rotatable bonds is 7. The Morgan fingerprint density at radius 2 is 1.57 bits per heavy atom. The summed E-state index contributed by atoms with van der Waals surface area (Å²) in [6, 6.07) is 11.3. The molecule has 150 valence electrons. The van der Waals surface area contributed by atoms with Crippen LogP contribution in [0.2, 0.25) is 0 Å². The first-order valence-corrected chi connectivity index (χ1v) is 9.75. The number of hydrogen-bond acceptors (Lipinski definition) is 4. The molecular weight excluding hydrogens is 424 g/mol. The molecule has 2 aromatic carbocycles. The number of amides is 2. The highest BCUT2D eigenvalue weighted by Gasteiger charge is 2.09. The molecule has 0 aromatic heterocycles. The lowest BCUT2D eigenvalue weighted by Crippen LogP contribution is -2.45. The fourth-order valence-corrected chi connectivity index (χ4v) is 2.81. The van der Waals surface area contributed by atoms with Crippen LogP contribution in [0, 0.1) is 13.8 Å². The standard InChI is InChI=1S/C21H25BrN2O4/c1-13(2)16-6-8-19(18(22)10-16)28-12-21(26)24-23-20(25)11-27-17-7-5-14(3)15(4)9-17/h5-10,13H,11-12H2,1-4H3,(H,23,25)(H,24,26). The van der Waals surface area contributed by atoms with Gasteiger partial charge in [-0.3, -0.25) is 20.4 Å². The second-order valence-corrected chi connectivity index (χ2v) is 7.62. The number of hydrazine groups is 1. The topological polar surface area (TPSA) is 76.7 Å². The molecule has 0 unspecified atom stereocenters. The van der Waals surface area contributed by atoms with Crippen LogP contribution in [0.3, 0.4) is 0 Å². The molecular formula is C21H25BrN2O4. The number of ether oxygens (including phenoxy) is 2. The van der Waals surface area contributed by atoms with Crippen LogP contribution < -0.4 is 20.3 Å². The average Bonchev–Trinajstić information content (AvgIpc) is 2.66. The number of benzene rings is 2. The first kappa shape index (κ1) is 21.8. The Kier molecular flexibility index (Phi) is 7.87. The zero-order chi connectivity index (χ0) is 20.7. The third-order valence-corrected chi connectivity index (χ3v) is 4.79. The van der Waals surface area contributed by atoms with E-state index in [4.69, 9.17) is 9.47 Å². The van der Waals surface area contributed by atoms with Gasteiger partial charge in [-0.15, -0.1) is 0 Å². The van der Waals surface area contributed by atoms with E-state index in [2.05, 4.69) is 40.6 Å². The number of halogens is 1. The second-order valence-electron chi connectivity index (χ2n) is 6.76. The van der Waals surface area contributed by atoms with Crippen LogP contribution in [0.1, 0.15) is 36.5 Å². The molecule has 0 fully saturated rings. The summed E-state index contributed by atoms with van der Waals surface area (Å²) in [7, 11) is 0. The largest absolute Gasteiger partial charge is 0.484 e. The SMILES string of the molecule is Cc1ccc(OCC(=O)NNC(=O)COc2ccc(C(C)C)cc2Br)cc1C. The maximum Gasteiger partial charge on any atom is 0.276 e. The molecule has 0 saturated heterocycles. The molecule has 7 heteroatoms. The van der Waals surface area contributed by atoms with E-state index in [1.165, 1.54) is 5.56 Å². The summed E-state index contributed by atoms with van der Waals surface area (Å²) in [6.45, 7) is 7.74. The Labute approximate surface area is 173 Å². The maximum atomic E-state index is 11.9. The van der Waals surface area contributed by atoms with Crippen molar-refractivity contribution in [3.8, 4) is 11.5 Å². The van der Waals surface area contributed by atoms with Crippen LogP contribution >= 0.6 is 15.9 Å². The van der Waals surface area contributed by atoms with Gasteiger partial charge in [-0.1, -0.05) is 26.0 Å². The first-order valence-electron chi connectivity index (χ1n) is 8.96. The molecule has 0 heterocycles. The zero-order valence-corrected chi connectivity index (χ0v) is 18.1. The lowest BCUT2D eigenvalue weighted by atomic mass is 10.0. The number of carbonyl (C=O) groups is 2. The maximum absolute atomic E-state index is 11.9. The van der Waals surface area contributed by atoms with E-state index in [0.717, 1.165) is 15.6 Å². The fourth-order valence-electron chi connectivity index (χ4n) is 2.30. The van der Waals surface area contributed by atoms with Crippen molar-refractivity contribution >= 4 is 27.7 Å². The van der Waals surface area contributed by atoms with E-state index in [9.17, 15) is 9.59 Å². The van der Waals surface area contributed by atoms with E-state index in [0.29, 0.717) is 17.4 Å². The molecule has 0 aliphatic heterocycles. The Morgan fingerprint density at radius 1 is 0.929 bits per heavy atom. The smallest absolute Gasteiger partial charge is 0.276 e. The van der Waals surface area contributed by atoms with Crippen LogP contribution in [0.4, 0.5) is 0 Å². The van der Waals surface area contributed by atoms with Crippen molar-refractivity contribution in [2.24, 2.45) is 0 Å². The molecule has 0 bridgehead atoms. The van der Waals surface area contributed by atoms with Crippen LogP contribution in [-0.2, 0) is 9.59 Å². The molecule has 6 nitrogen and oxygen atoms in total. The molecule has 2 amide bonds. The van der Waals surface area contributed by atoms with Gasteiger partial charge in [-0.25, -0.2) is 0 Å². The summed E-state index contributed by atoms with van der Waals surface area (Å²) in [4.78, 5) is 23.7. The Bertz CT molecular complexity index is 852. The van der Waals surface area contributed by atoms with E-state index in [-0.39, 0.29) is 13.2 Å². The highest BCUT2D eigenvalue weighted by molar-refractivity contribution is 9.10. The van der Waals surface area contributed by atoms with Gasteiger partial charge in [0.05, 0.1) is 4.47 Å². The van der Waals surface area contributed by atoms with E-state index in [1.54, 1.807) is 6.07 Å². The van der Waals surface area contributed by atoms with Gasteiger partial charge in [0.2, 0.25) is 0 Å². The summed E-state index contributed by atoms with van der Waals surface area (Å²) in [5.41, 5.74) is 7.99. The van der Waals surface area contributed by atoms with Crippen LogP contribution in [-0.4, -0.2) is 25.0 Å². The zero-order valence-electron chi connectivity index (χ0n) is 16.5. The van der Waals surface area contributed by atoms with Gasteiger partial charge in [0.15, 0.2) is 13.2 Å². The van der Waals surface area contributed by atoms with Crippen molar-refractivity contribution in [3.63, 3.8) is 0 Å². The van der Waals surface area contributed by atoms with Gasteiger partial charge in [0.1, 0.15) is 11.5 Å². The summed E-state index contributed by atoms with van der Waals surface area (Å²) < 4.78 is 11.7. The summed E-state index contributed by atoms with van der Waals surface area (Å²) in [6.07, 6.45) is 0. The van der Waals surface area contributed by atoms with Gasteiger partial charge in [0, 0.05) is 0 Å². The highest BCUT2D eigenvalue weighted by Crippen LogP contribution is 2.28. The summed E-state index contributed by atoms with van der Waals surface area (Å²) in [5.74, 6) is 0.620. The van der Waals surface area contributed by atoms with Crippen LogP contribution in [0.15, 0.2) is 40.9 Å². The molecule has 2 aromatic rings. The van der Waals surface area contributed by atoms with Gasteiger partial charge >= 0.3 is 0 Å². The summed E-state index contributed by atoms with van der Waals surface area (Å²) >= 11 is 3.44. The quantitative estimate of drug-likeness (QED) is 0.631.